The van der Waals surface area contributed by atoms with Crippen molar-refractivity contribution in [2.75, 3.05) is 0 Å². The van der Waals surface area contributed by atoms with Gasteiger partial charge in [0, 0.05) is 13.8 Å². The molecule has 0 aromatic carbocycles. The van der Waals surface area contributed by atoms with E-state index < -0.39 is 0 Å². The van der Waals surface area contributed by atoms with Crippen LogP contribution in [0.4, 0.5) is 0 Å². The van der Waals surface area contributed by atoms with Crippen LogP contribution in [-0.4, -0.2) is 10.8 Å². The molecule has 0 amide bonds. The van der Waals surface area contributed by atoms with Gasteiger partial charge in [-0.1, -0.05) is 0 Å². The van der Waals surface area contributed by atoms with Gasteiger partial charge in [0.1, 0.15) is 11.5 Å². The fourth-order valence-electron chi connectivity index (χ4n) is 0.856. The molecular formula is C7H9NO2. The lowest BCUT2D eigenvalue weighted by Gasteiger charge is -1.84. The molecule has 1 rings (SSSR count). The van der Waals surface area contributed by atoms with Crippen molar-refractivity contribution in [3.8, 4) is 0 Å². The van der Waals surface area contributed by atoms with E-state index in [9.17, 15) is 4.79 Å². The van der Waals surface area contributed by atoms with Gasteiger partial charge in [0.2, 0.25) is 0 Å². The molecule has 0 aliphatic heterocycles. The molecule has 0 aliphatic carbocycles. The molecule has 54 valence electrons. The molecule has 1 heterocycles. The van der Waals surface area contributed by atoms with Crippen LogP contribution in [0, 0.1) is 13.8 Å². The summed E-state index contributed by atoms with van der Waals surface area (Å²) in [5.41, 5.74) is 0.442. The van der Waals surface area contributed by atoms with Crippen molar-refractivity contribution >= 4 is 5.78 Å². The van der Waals surface area contributed by atoms with Gasteiger partial charge in [-0.15, -0.1) is 0 Å². The molecule has 3 heteroatoms. The van der Waals surface area contributed by atoms with E-state index in [1.54, 1.807) is 13.8 Å². The molecule has 0 bridgehead atoms. The van der Waals surface area contributed by atoms with Crippen LogP contribution in [0.2, 0.25) is 0 Å². The molecule has 0 atom stereocenters. The Morgan fingerprint density at radius 1 is 1.50 bits per heavy atom. The second-order valence-corrected chi connectivity index (χ2v) is 2.19. The normalized spacial score (nSPS) is 9.90. The molecule has 0 fully saturated rings. The number of hydrogen-bond donors (Lipinski definition) is 0. The van der Waals surface area contributed by atoms with Crippen molar-refractivity contribution < 1.29 is 9.21 Å². The Labute approximate surface area is 59.1 Å². The molecule has 0 saturated carbocycles. The number of aromatic nitrogens is 1. The third kappa shape index (κ3) is 1.07. The van der Waals surface area contributed by atoms with E-state index in [1.807, 2.05) is 0 Å². The SMILES string of the molecule is CC(=O)c1nc(C)oc1C. The number of hydrogen-bond acceptors (Lipinski definition) is 3. The minimum Gasteiger partial charge on any atom is -0.446 e. The third-order valence-corrected chi connectivity index (χ3v) is 1.24. The molecule has 3 nitrogen and oxygen atoms in total. The van der Waals surface area contributed by atoms with E-state index in [4.69, 9.17) is 4.42 Å². The van der Waals surface area contributed by atoms with E-state index in [0.29, 0.717) is 17.3 Å². The summed E-state index contributed by atoms with van der Waals surface area (Å²) >= 11 is 0. The first-order valence-corrected chi connectivity index (χ1v) is 3.06. The second kappa shape index (κ2) is 2.25. The molecule has 1 aromatic rings. The van der Waals surface area contributed by atoms with Crippen molar-refractivity contribution in [2.24, 2.45) is 0 Å². The van der Waals surface area contributed by atoms with Crippen molar-refractivity contribution in [2.45, 2.75) is 20.8 Å². The molecule has 10 heavy (non-hydrogen) atoms. The molecule has 0 spiro atoms. The molecule has 0 aliphatic rings. The monoisotopic (exact) mass is 139 g/mol. The van der Waals surface area contributed by atoms with Gasteiger partial charge in [-0.2, -0.15) is 0 Å². The molecule has 0 saturated heterocycles. The maximum Gasteiger partial charge on any atom is 0.191 e. The maximum atomic E-state index is 10.8. The average molecular weight is 139 g/mol. The number of nitrogens with zero attached hydrogens (tertiary/aromatic N) is 1. The van der Waals surface area contributed by atoms with Gasteiger partial charge in [-0.25, -0.2) is 4.98 Å². The summed E-state index contributed by atoms with van der Waals surface area (Å²) in [5.74, 6) is 1.10. The van der Waals surface area contributed by atoms with Gasteiger partial charge in [-0.3, -0.25) is 4.79 Å². The Morgan fingerprint density at radius 2 is 2.10 bits per heavy atom. The van der Waals surface area contributed by atoms with Gasteiger partial charge >= 0.3 is 0 Å². The summed E-state index contributed by atoms with van der Waals surface area (Å²) in [5, 5.41) is 0. The van der Waals surface area contributed by atoms with Crippen LogP contribution in [0.3, 0.4) is 0 Å². The highest BCUT2D eigenvalue weighted by Crippen LogP contribution is 2.08. The van der Waals surface area contributed by atoms with E-state index >= 15 is 0 Å². The van der Waals surface area contributed by atoms with Crippen LogP contribution >= 0.6 is 0 Å². The lowest BCUT2D eigenvalue weighted by molar-refractivity contribution is 0.101. The summed E-state index contributed by atoms with van der Waals surface area (Å²) in [7, 11) is 0. The van der Waals surface area contributed by atoms with Gasteiger partial charge in [0.05, 0.1) is 0 Å². The lowest BCUT2D eigenvalue weighted by Crippen LogP contribution is -1.93. The fourth-order valence-corrected chi connectivity index (χ4v) is 0.856. The van der Waals surface area contributed by atoms with Crippen LogP contribution in [0.15, 0.2) is 4.42 Å². The van der Waals surface area contributed by atoms with Crippen LogP contribution in [0.25, 0.3) is 0 Å². The minimum absolute atomic E-state index is 0.0469. The summed E-state index contributed by atoms with van der Waals surface area (Å²) in [6.45, 7) is 4.93. The molecular weight excluding hydrogens is 130 g/mol. The minimum atomic E-state index is -0.0469. The zero-order chi connectivity index (χ0) is 7.72. The highest BCUT2D eigenvalue weighted by molar-refractivity contribution is 5.92. The van der Waals surface area contributed by atoms with E-state index in [2.05, 4.69) is 4.98 Å². The topological polar surface area (TPSA) is 43.1 Å². The fraction of sp³-hybridized carbons (Fsp3) is 0.429. The Kier molecular flexibility index (Phi) is 1.57. The Morgan fingerprint density at radius 3 is 2.30 bits per heavy atom. The van der Waals surface area contributed by atoms with Gasteiger partial charge in [0.15, 0.2) is 11.7 Å². The molecule has 0 radical (unpaired) electrons. The van der Waals surface area contributed by atoms with Gasteiger partial charge < -0.3 is 4.42 Å². The summed E-state index contributed by atoms with van der Waals surface area (Å²) in [6.07, 6.45) is 0. The quantitative estimate of drug-likeness (QED) is 0.553. The average Bonchev–Trinajstić information content (AvgIpc) is 2.10. The van der Waals surface area contributed by atoms with Crippen molar-refractivity contribution in [1.29, 1.82) is 0 Å². The van der Waals surface area contributed by atoms with Gasteiger partial charge in [0.25, 0.3) is 0 Å². The molecule has 1 aromatic heterocycles. The molecule has 0 N–H and O–H groups in total. The number of rotatable bonds is 1. The summed E-state index contributed by atoms with van der Waals surface area (Å²) < 4.78 is 5.04. The first-order valence-electron chi connectivity index (χ1n) is 3.06. The first kappa shape index (κ1) is 6.99. The zero-order valence-electron chi connectivity index (χ0n) is 6.26. The Bertz CT molecular complexity index is 263. The van der Waals surface area contributed by atoms with Crippen LogP contribution < -0.4 is 0 Å². The summed E-state index contributed by atoms with van der Waals surface area (Å²) in [6, 6.07) is 0. The predicted octanol–water partition coefficient (Wildman–Crippen LogP) is 1.49. The Balaban J connectivity index is 3.15. The number of carbonyl (C=O) groups excluding carboxylic acids is 1. The highest BCUT2D eigenvalue weighted by atomic mass is 16.4. The maximum absolute atomic E-state index is 10.8. The van der Waals surface area contributed by atoms with E-state index in [1.165, 1.54) is 6.92 Å². The first-order chi connectivity index (χ1) is 4.61. The van der Waals surface area contributed by atoms with Crippen molar-refractivity contribution in [1.82, 2.24) is 4.98 Å². The number of aryl methyl sites for hydroxylation is 2. The standard InChI is InChI=1S/C7H9NO2/c1-4(9)7-5(2)10-6(3)8-7/h1-3H3. The number of Topliss-reactive ketones (excluding diaryl/α,β-unsaturated/α-hetero) is 1. The number of oxazole rings is 1. The van der Waals surface area contributed by atoms with E-state index in [0.717, 1.165) is 0 Å². The van der Waals surface area contributed by atoms with Crippen molar-refractivity contribution in [3.63, 3.8) is 0 Å². The number of carbonyl (C=O) groups is 1. The van der Waals surface area contributed by atoms with Crippen LogP contribution in [0.5, 0.6) is 0 Å². The highest BCUT2D eigenvalue weighted by Gasteiger charge is 2.09. The van der Waals surface area contributed by atoms with E-state index in [-0.39, 0.29) is 5.78 Å². The van der Waals surface area contributed by atoms with Crippen molar-refractivity contribution in [3.05, 3.63) is 17.3 Å². The van der Waals surface area contributed by atoms with Crippen LogP contribution in [0.1, 0.15) is 29.1 Å². The molecule has 0 unspecified atom stereocenters. The predicted molar refractivity (Wildman–Crippen MR) is 36.0 cm³/mol. The third-order valence-electron chi connectivity index (χ3n) is 1.24. The Hall–Kier alpha value is -1.12. The zero-order valence-corrected chi connectivity index (χ0v) is 6.26. The largest absolute Gasteiger partial charge is 0.446 e. The second-order valence-electron chi connectivity index (χ2n) is 2.19. The van der Waals surface area contributed by atoms with Crippen LogP contribution in [-0.2, 0) is 0 Å². The number of ketones is 1. The smallest absolute Gasteiger partial charge is 0.191 e. The summed E-state index contributed by atoms with van der Waals surface area (Å²) in [4.78, 5) is 14.7. The lowest BCUT2D eigenvalue weighted by atomic mass is 10.3. The van der Waals surface area contributed by atoms with Gasteiger partial charge in [-0.05, 0) is 6.92 Å².